The van der Waals surface area contributed by atoms with Crippen LogP contribution in [0.3, 0.4) is 0 Å². The Balaban J connectivity index is 1.54. The summed E-state index contributed by atoms with van der Waals surface area (Å²) in [6, 6.07) is 16.5. The van der Waals surface area contributed by atoms with Crippen molar-refractivity contribution in [1.29, 1.82) is 0 Å². The first-order valence-electron chi connectivity index (χ1n) is 23.8. The largest absolute Gasteiger partial charge is 0.339 e. The number of benzene rings is 1. The molecule has 0 saturated heterocycles. The fourth-order valence-corrected chi connectivity index (χ4v) is 8.72. The van der Waals surface area contributed by atoms with Gasteiger partial charge in [0.05, 0.1) is 28.0 Å². The summed E-state index contributed by atoms with van der Waals surface area (Å²) in [5.41, 5.74) is 4.90. The Morgan fingerprint density at radius 2 is 1.14 bits per heavy atom. The normalized spacial score (nSPS) is 14.9. The van der Waals surface area contributed by atoms with Crippen molar-refractivity contribution in [3.8, 4) is 11.4 Å². The van der Waals surface area contributed by atoms with E-state index >= 15 is 4.79 Å². The van der Waals surface area contributed by atoms with E-state index in [1.54, 1.807) is 0 Å². The van der Waals surface area contributed by atoms with E-state index in [-0.39, 0.29) is 17.5 Å². The molecule has 1 atom stereocenters. The zero-order valence-electron chi connectivity index (χ0n) is 36.8. The van der Waals surface area contributed by atoms with Crippen molar-refractivity contribution in [2.75, 3.05) is 26.2 Å². The van der Waals surface area contributed by atoms with Gasteiger partial charge in [-0.25, -0.2) is 9.97 Å². The molecule has 1 unspecified atom stereocenters. The van der Waals surface area contributed by atoms with Gasteiger partial charge in [0.2, 0.25) is 0 Å². The lowest BCUT2D eigenvalue weighted by Crippen LogP contribution is -2.38. The number of fused-ring (bicyclic) bond motifs is 5. The van der Waals surface area contributed by atoms with Gasteiger partial charge in [0.25, 0.3) is 11.8 Å². The van der Waals surface area contributed by atoms with Gasteiger partial charge in [-0.2, -0.15) is 0 Å². The maximum absolute atomic E-state index is 15.0. The average molecular weight is 790 g/mol. The van der Waals surface area contributed by atoms with Gasteiger partial charge in [-0.15, -0.1) is 0 Å². The molecule has 1 aromatic carbocycles. The molecular formula is C51H75N5O2. The topological polar surface area (TPSA) is 79.3 Å². The number of carbonyl (C=O) groups excluding carboxylic acids is 2. The minimum atomic E-state index is -0.120. The summed E-state index contributed by atoms with van der Waals surface area (Å²) in [6.45, 7) is 11.8. The van der Waals surface area contributed by atoms with E-state index in [2.05, 4.69) is 58.0 Å². The van der Waals surface area contributed by atoms with Gasteiger partial charge in [0, 0.05) is 48.6 Å². The molecular weight excluding hydrogens is 715 g/mol. The lowest BCUT2D eigenvalue weighted by atomic mass is 9.94. The molecule has 3 aromatic heterocycles. The van der Waals surface area contributed by atoms with Crippen LogP contribution in [-0.2, 0) is 0 Å². The van der Waals surface area contributed by atoms with Gasteiger partial charge in [-0.3, -0.25) is 14.6 Å². The number of carbonyl (C=O) groups is 2. The fraction of sp³-hybridized carbons (Fsp3) is 0.627. The van der Waals surface area contributed by atoms with E-state index in [1.165, 1.54) is 77.0 Å². The van der Waals surface area contributed by atoms with Crippen molar-refractivity contribution in [1.82, 2.24) is 24.8 Å². The highest BCUT2D eigenvalue weighted by Gasteiger charge is 2.28. The minimum absolute atomic E-state index is 0.0604. The number of hydrogen-bond acceptors (Lipinski definition) is 5. The van der Waals surface area contributed by atoms with Gasteiger partial charge in [0.15, 0.2) is 0 Å². The van der Waals surface area contributed by atoms with E-state index in [1.807, 2.05) is 28.0 Å². The van der Waals surface area contributed by atoms with Crippen LogP contribution in [0.1, 0.15) is 208 Å². The zero-order chi connectivity index (χ0) is 41.0. The molecule has 5 rings (SSSR count). The highest BCUT2D eigenvalue weighted by Crippen LogP contribution is 2.31. The second-order valence-corrected chi connectivity index (χ2v) is 17.1. The lowest BCUT2D eigenvalue weighted by Gasteiger charge is -2.26. The standard InChI is InChI=1S/C51H75N5O2/c1-5-9-12-15-18-23-36-55(37-24-19-16-13-10-6-2)50(57)43-32-35-46-45-34-31-42-29-28-41-30-33-44(52-47(41)48(42)53-45)40(8-4)27-22-21-26-39-56(51(58)49(43)54-46)38-25-20-17-14-11-7-3/h28-35,40H,5-27,36-39H2,1-4H3. The molecule has 7 nitrogen and oxygen atoms in total. The highest BCUT2D eigenvalue weighted by atomic mass is 16.2. The zero-order valence-corrected chi connectivity index (χ0v) is 36.8. The first kappa shape index (κ1) is 45.2. The molecule has 0 N–H and O–H groups in total. The van der Waals surface area contributed by atoms with E-state index in [0.29, 0.717) is 49.0 Å². The molecule has 6 bridgehead atoms. The molecule has 0 aliphatic carbocycles. The Morgan fingerprint density at radius 3 is 1.78 bits per heavy atom. The van der Waals surface area contributed by atoms with E-state index < -0.39 is 0 Å². The Morgan fingerprint density at radius 1 is 0.603 bits per heavy atom. The second-order valence-electron chi connectivity index (χ2n) is 17.1. The van der Waals surface area contributed by atoms with Gasteiger partial charge >= 0.3 is 0 Å². The molecule has 0 spiro atoms. The first-order chi connectivity index (χ1) is 28.5. The van der Waals surface area contributed by atoms with Crippen molar-refractivity contribution in [2.45, 2.75) is 181 Å². The number of pyridine rings is 3. The Hall–Kier alpha value is -3.87. The number of amides is 2. The Bertz CT molecular complexity index is 1840. The predicted molar refractivity (Wildman–Crippen MR) is 244 cm³/mol. The number of hydrogen-bond donors (Lipinski definition) is 0. The molecule has 58 heavy (non-hydrogen) atoms. The summed E-state index contributed by atoms with van der Waals surface area (Å²) >= 11 is 0. The summed E-state index contributed by atoms with van der Waals surface area (Å²) in [6.07, 6.45) is 26.2. The van der Waals surface area contributed by atoms with Crippen LogP contribution in [-0.4, -0.2) is 62.7 Å². The molecule has 0 saturated carbocycles. The Kier molecular flexibility index (Phi) is 19.4. The van der Waals surface area contributed by atoms with Crippen LogP contribution in [0.15, 0.2) is 48.5 Å². The van der Waals surface area contributed by atoms with Crippen molar-refractivity contribution < 1.29 is 9.59 Å². The van der Waals surface area contributed by atoms with Crippen LogP contribution >= 0.6 is 0 Å². The van der Waals surface area contributed by atoms with E-state index in [0.717, 1.165) is 98.1 Å². The monoisotopic (exact) mass is 790 g/mol. The quantitative estimate of drug-likeness (QED) is 0.0552. The molecule has 2 amide bonds. The van der Waals surface area contributed by atoms with Crippen LogP contribution in [0.4, 0.5) is 0 Å². The van der Waals surface area contributed by atoms with Gasteiger partial charge in [-0.05, 0) is 62.8 Å². The van der Waals surface area contributed by atoms with Gasteiger partial charge < -0.3 is 9.80 Å². The third-order valence-electron chi connectivity index (χ3n) is 12.4. The van der Waals surface area contributed by atoms with E-state index in [9.17, 15) is 4.79 Å². The maximum Gasteiger partial charge on any atom is 0.273 e. The molecule has 7 heteroatoms. The average Bonchev–Trinajstić information content (AvgIpc) is 3.25. The number of nitrogens with zero attached hydrogens (tertiary/aromatic N) is 5. The van der Waals surface area contributed by atoms with Crippen LogP contribution in [0.25, 0.3) is 33.2 Å². The second kappa shape index (κ2) is 24.9. The third kappa shape index (κ3) is 13.1. The van der Waals surface area contributed by atoms with Crippen molar-refractivity contribution in [3.05, 3.63) is 65.5 Å². The van der Waals surface area contributed by atoms with Gasteiger partial charge in [0.1, 0.15) is 5.69 Å². The molecule has 316 valence electrons. The number of rotatable bonds is 23. The van der Waals surface area contributed by atoms with Crippen molar-refractivity contribution in [2.24, 2.45) is 0 Å². The summed E-state index contributed by atoms with van der Waals surface area (Å²) < 4.78 is 0. The van der Waals surface area contributed by atoms with Crippen molar-refractivity contribution in [3.63, 3.8) is 0 Å². The molecule has 0 radical (unpaired) electrons. The van der Waals surface area contributed by atoms with Crippen LogP contribution in [0, 0.1) is 0 Å². The molecule has 1 aliphatic heterocycles. The van der Waals surface area contributed by atoms with Gasteiger partial charge in [-0.1, -0.05) is 161 Å². The number of aromatic nitrogens is 3. The molecule has 4 heterocycles. The smallest absolute Gasteiger partial charge is 0.273 e. The maximum atomic E-state index is 15.0. The first-order valence-corrected chi connectivity index (χ1v) is 23.8. The Labute approximate surface area is 351 Å². The fourth-order valence-electron chi connectivity index (χ4n) is 8.72. The predicted octanol–water partition coefficient (Wildman–Crippen LogP) is 13.9. The molecule has 0 fully saturated rings. The summed E-state index contributed by atoms with van der Waals surface area (Å²) in [5.74, 6) is 0.195. The molecule has 1 aliphatic rings. The van der Waals surface area contributed by atoms with E-state index in [4.69, 9.17) is 15.0 Å². The summed E-state index contributed by atoms with van der Waals surface area (Å²) in [5, 5.41) is 2.10. The van der Waals surface area contributed by atoms with Crippen LogP contribution < -0.4 is 0 Å². The highest BCUT2D eigenvalue weighted by molar-refractivity contribution is 6.07. The number of unbranched alkanes of at least 4 members (excludes halogenated alkanes) is 15. The van der Waals surface area contributed by atoms with Crippen LogP contribution in [0.2, 0.25) is 0 Å². The molecule has 4 aromatic rings. The summed E-state index contributed by atoms with van der Waals surface area (Å²) in [7, 11) is 0. The summed E-state index contributed by atoms with van der Waals surface area (Å²) in [4.78, 5) is 49.5. The lowest BCUT2D eigenvalue weighted by molar-refractivity contribution is 0.0705. The minimum Gasteiger partial charge on any atom is -0.339 e. The van der Waals surface area contributed by atoms with Crippen molar-refractivity contribution >= 4 is 33.6 Å². The van der Waals surface area contributed by atoms with Crippen LogP contribution in [0.5, 0.6) is 0 Å². The SMILES string of the molecule is CCCCCCCCN(CCCCCCCC)C(=O)c1ccc2nc1C(=O)N(CCCCCCCC)CCCCCC(CC)c1ccc3ccc4ccc-2nc4c3n1. The third-order valence-corrected chi connectivity index (χ3v) is 12.4.